The second-order valence-electron chi connectivity index (χ2n) is 9.78. The number of carbonyl (C=O) groups is 1. The Labute approximate surface area is 184 Å². The number of nitrogens with zero attached hydrogens (tertiary/aromatic N) is 1. The van der Waals surface area contributed by atoms with E-state index >= 15 is 0 Å². The van der Waals surface area contributed by atoms with Gasteiger partial charge in [-0.15, -0.1) is 0 Å². The minimum Gasteiger partial charge on any atom is -0.482 e. The fourth-order valence-electron chi connectivity index (χ4n) is 6.33. The average molecular weight is 428 g/mol. The zero-order chi connectivity index (χ0) is 21.8. The van der Waals surface area contributed by atoms with E-state index in [1.807, 2.05) is 6.07 Å². The molecule has 0 aromatic heterocycles. The van der Waals surface area contributed by atoms with Crippen LogP contribution in [0.5, 0.6) is 11.5 Å². The smallest absolute Gasteiger partial charge is 0.308 e. The number of hydrogen-bond acceptors (Lipinski definition) is 6. The third kappa shape index (κ3) is 3.22. The van der Waals surface area contributed by atoms with Crippen molar-refractivity contribution in [2.45, 2.75) is 63.2 Å². The Morgan fingerprint density at radius 1 is 1.39 bits per heavy atom. The fraction of sp³-hybridized carbons (Fsp3) is 0.640. The molecular formula is C25H33NO5. The summed E-state index contributed by atoms with van der Waals surface area (Å²) in [6, 6.07) is 4.46. The SMILES string of the molecule is CC(=O)Oc1ccc2c3c1O[C@H]1[C@@H](OCCCC(C)CO)C=C[C@H]4[C@@H](C2)N(C)CC[C@@]341. The van der Waals surface area contributed by atoms with E-state index in [-0.39, 0.29) is 30.2 Å². The molecule has 1 aromatic rings. The highest BCUT2D eigenvalue weighted by molar-refractivity contribution is 5.72. The highest BCUT2D eigenvalue weighted by atomic mass is 16.6. The van der Waals surface area contributed by atoms with Crippen molar-refractivity contribution in [3.05, 3.63) is 35.4 Å². The molecule has 4 aliphatic rings. The summed E-state index contributed by atoms with van der Waals surface area (Å²) < 4.78 is 18.5. The summed E-state index contributed by atoms with van der Waals surface area (Å²) in [5.41, 5.74) is 2.43. The van der Waals surface area contributed by atoms with Crippen LogP contribution in [0.1, 0.15) is 44.2 Å². The van der Waals surface area contributed by atoms with Crippen molar-refractivity contribution < 1.29 is 24.1 Å². The number of likely N-dealkylation sites (N-methyl/N-ethyl adjacent to an activating group) is 1. The largest absolute Gasteiger partial charge is 0.482 e. The lowest BCUT2D eigenvalue weighted by atomic mass is 9.53. The molecule has 5 rings (SSSR count). The van der Waals surface area contributed by atoms with Crippen LogP contribution in [0.4, 0.5) is 0 Å². The molecular weight excluding hydrogens is 394 g/mol. The summed E-state index contributed by atoms with van der Waals surface area (Å²) in [5, 5.41) is 9.26. The normalized spacial score (nSPS) is 33.5. The van der Waals surface area contributed by atoms with Crippen LogP contribution in [0, 0.1) is 11.8 Å². The molecule has 2 bridgehead atoms. The number of aliphatic hydroxyl groups is 1. The molecule has 6 nitrogen and oxygen atoms in total. The molecule has 1 unspecified atom stereocenters. The minimum atomic E-state index is -0.329. The maximum absolute atomic E-state index is 11.7. The van der Waals surface area contributed by atoms with Crippen molar-refractivity contribution in [3.8, 4) is 11.5 Å². The van der Waals surface area contributed by atoms with E-state index in [0.717, 1.165) is 38.0 Å². The monoisotopic (exact) mass is 427 g/mol. The number of benzene rings is 1. The van der Waals surface area contributed by atoms with Crippen LogP contribution in [0.25, 0.3) is 0 Å². The Hall–Kier alpha value is -1.89. The molecule has 168 valence electrons. The standard InChI is InChI=1S/C25H33NO5/c1-15(14-27)5-4-12-29-21-9-7-18-19-13-17-6-8-20(30-16(2)28)23-22(17)25(18,24(21)31-23)10-11-26(19)3/h6-9,15,18-19,21,24,27H,4-5,10-14H2,1-3H3/t15?,18-,19+,21-,24-,25-/m0/s1. The van der Waals surface area contributed by atoms with Gasteiger partial charge in [-0.3, -0.25) is 4.79 Å². The maximum Gasteiger partial charge on any atom is 0.308 e. The Kier molecular flexibility index (Phi) is 5.35. The first-order chi connectivity index (χ1) is 15.0. The van der Waals surface area contributed by atoms with Gasteiger partial charge < -0.3 is 24.2 Å². The van der Waals surface area contributed by atoms with Gasteiger partial charge in [0.15, 0.2) is 11.5 Å². The van der Waals surface area contributed by atoms with E-state index in [2.05, 4.69) is 37.1 Å². The number of esters is 1. The summed E-state index contributed by atoms with van der Waals surface area (Å²) in [6.07, 6.45) is 8.15. The first-order valence-electron chi connectivity index (χ1n) is 11.6. The molecule has 0 amide bonds. The van der Waals surface area contributed by atoms with E-state index in [0.29, 0.717) is 30.2 Å². The third-order valence-corrected chi connectivity index (χ3v) is 7.83. The van der Waals surface area contributed by atoms with Gasteiger partial charge in [0, 0.05) is 43.1 Å². The molecule has 6 heteroatoms. The molecule has 1 fully saturated rings. The van der Waals surface area contributed by atoms with Crippen molar-refractivity contribution in [2.75, 3.05) is 26.8 Å². The predicted octanol–water partition coefficient (Wildman–Crippen LogP) is 2.85. The zero-order valence-corrected chi connectivity index (χ0v) is 18.7. The molecule has 2 aliphatic heterocycles. The molecule has 2 heterocycles. The predicted molar refractivity (Wildman–Crippen MR) is 116 cm³/mol. The number of rotatable bonds is 7. The van der Waals surface area contributed by atoms with Gasteiger partial charge in [0.2, 0.25) is 0 Å². The summed E-state index contributed by atoms with van der Waals surface area (Å²) >= 11 is 0. The minimum absolute atomic E-state index is 0.111. The van der Waals surface area contributed by atoms with E-state index in [1.54, 1.807) is 0 Å². The van der Waals surface area contributed by atoms with Gasteiger partial charge in [-0.25, -0.2) is 0 Å². The van der Waals surface area contributed by atoms with Gasteiger partial charge in [-0.1, -0.05) is 25.1 Å². The van der Waals surface area contributed by atoms with Crippen molar-refractivity contribution in [1.82, 2.24) is 4.90 Å². The first-order valence-corrected chi connectivity index (χ1v) is 11.6. The summed E-state index contributed by atoms with van der Waals surface area (Å²) in [4.78, 5) is 14.2. The van der Waals surface area contributed by atoms with E-state index in [4.69, 9.17) is 14.2 Å². The number of piperidine rings is 1. The molecule has 1 N–H and O–H groups in total. The zero-order valence-electron chi connectivity index (χ0n) is 18.7. The molecule has 0 saturated carbocycles. The van der Waals surface area contributed by atoms with Gasteiger partial charge in [0.05, 0.1) is 0 Å². The first kappa shape index (κ1) is 21.0. The Morgan fingerprint density at radius 3 is 3.00 bits per heavy atom. The van der Waals surface area contributed by atoms with Crippen molar-refractivity contribution in [2.24, 2.45) is 11.8 Å². The highest BCUT2D eigenvalue weighted by Gasteiger charge is 2.64. The van der Waals surface area contributed by atoms with E-state index in [1.165, 1.54) is 18.1 Å². The van der Waals surface area contributed by atoms with Crippen LogP contribution in [-0.4, -0.2) is 61.0 Å². The van der Waals surface area contributed by atoms with Crippen molar-refractivity contribution in [1.29, 1.82) is 0 Å². The van der Waals surface area contributed by atoms with Crippen molar-refractivity contribution in [3.63, 3.8) is 0 Å². The molecule has 0 radical (unpaired) electrons. The third-order valence-electron chi connectivity index (χ3n) is 7.83. The second-order valence-corrected chi connectivity index (χ2v) is 9.78. The average Bonchev–Trinajstić information content (AvgIpc) is 3.10. The molecule has 1 spiro atoms. The van der Waals surface area contributed by atoms with Gasteiger partial charge in [-0.2, -0.15) is 0 Å². The molecule has 1 aromatic carbocycles. The van der Waals surface area contributed by atoms with Crippen molar-refractivity contribution >= 4 is 5.97 Å². The van der Waals surface area contributed by atoms with E-state index in [9.17, 15) is 9.90 Å². The lowest BCUT2D eigenvalue weighted by Gasteiger charge is -2.56. The quantitative estimate of drug-likeness (QED) is 0.312. The Morgan fingerprint density at radius 2 is 2.23 bits per heavy atom. The molecule has 6 atom stereocenters. The van der Waals surface area contributed by atoms with Crippen LogP contribution in [-0.2, 0) is 21.4 Å². The van der Waals surface area contributed by atoms with Gasteiger partial charge in [0.25, 0.3) is 0 Å². The fourth-order valence-corrected chi connectivity index (χ4v) is 6.33. The van der Waals surface area contributed by atoms with Crippen LogP contribution in [0.3, 0.4) is 0 Å². The number of hydrogen-bond donors (Lipinski definition) is 1. The topological polar surface area (TPSA) is 68.2 Å². The Bertz CT molecular complexity index is 898. The lowest BCUT2D eigenvalue weighted by Crippen LogP contribution is -2.65. The summed E-state index contributed by atoms with van der Waals surface area (Å²) in [5.74, 6) is 1.61. The van der Waals surface area contributed by atoms with Gasteiger partial charge in [-0.05, 0) is 56.8 Å². The number of ether oxygens (including phenoxy) is 3. The van der Waals surface area contributed by atoms with Crippen LogP contribution in [0.15, 0.2) is 24.3 Å². The number of aliphatic hydroxyl groups excluding tert-OH is 1. The molecule has 2 aliphatic carbocycles. The Balaban J connectivity index is 1.49. The molecule has 1 saturated heterocycles. The lowest BCUT2D eigenvalue weighted by molar-refractivity contribution is -0.132. The highest BCUT2D eigenvalue weighted by Crippen LogP contribution is 2.62. The van der Waals surface area contributed by atoms with Crippen LogP contribution in [0.2, 0.25) is 0 Å². The summed E-state index contributed by atoms with van der Waals surface area (Å²) in [6.45, 7) is 5.36. The van der Waals surface area contributed by atoms with Crippen LogP contribution < -0.4 is 9.47 Å². The second kappa shape index (κ2) is 7.91. The molecule has 31 heavy (non-hydrogen) atoms. The van der Waals surface area contributed by atoms with Gasteiger partial charge >= 0.3 is 5.97 Å². The number of carbonyl (C=O) groups excluding carboxylic acids is 1. The summed E-state index contributed by atoms with van der Waals surface area (Å²) in [7, 11) is 2.22. The van der Waals surface area contributed by atoms with E-state index < -0.39 is 0 Å². The van der Waals surface area contributed by atoms with Gasteiger partial charge in [0.1, 0.15) is 12.2 Å². The number of likely N-dealkylation sites (tertiary alicyclic amines) is 1. The maximum atomic E-state index is 11.7. The van der Waals surface area contributed by atoms with Crippen LogP contribution >= 0.6 is 0 Å².